The molecule has 20 heavy (non-hydrogen) atoms. The zero-order chi connectivity index (χ0) is 14.0. The van der Waals surface area contributed by atoms with E-state index in [9.17, 15) is 9.59 Å². The molecule has 0 unspecified atom stereocenters. The van der Waals surface area contributed by atoms with Crippen LogP contribution in [0.2, 0.25) is 0 Å². The topological polar surface area (TPSA) is 61.8 Å². The van der Waals surface area contributed by atoms with Crippen molar-refractivity contribution in [3.8, 4) is 0 Å². The van der Waals surface area contributed by atoms with Crippen LogP contribution >= 0.6 is 0 Å². The average Bonchev–Trinajstić information content (AvgIpc) is 2.70. The standard InChI is InChI=1S/C15H17N3O2/c19-13-15(9-5-2-6-10-15)17-14(20)18(13)16-11-12-7-3-1-4-8-12/h1,3-4,7-8,11H,2,5-6,9-10H2,(H,17,20)/b16-11-. The smallest absolute Gasteiger partial charge is 0.321 e. The minimum atomic E-state index is -0.705. The van der Waals surface area contributed by atoms with Crippen molar-refractivity contribution in [3.63, 3.8) is 0 Å². The van der Waals surface area contributed by atoms with Crippen molar-refractivity contribution in [1.82, 2.24) is 10.3 Å². The highest BCUT2D eigenvalue weighted by Crippen LogP contribution is 2.33. The maximum absolute atomic E-state index is 12.4. The lowest BCUT2D eigenvalue weighted by Gasteiger charge is -2.29. The number of rotatable bonds is 2. The van der Waals surface area contributed by atoms with E-state index in [-0.39, 0.29) is 5.91 Å². The average molecular weight is 271 g/mol. The number of nitrogens with zero attached hydrogens (tertiary/aromatic N) is 2. The summed E-state index contributed by atoms with van der Waals surface area (Å²) < 4.78 is 0. The Hall–Kier alpha value is -2.17. The fraction of sp³-hybridized carbons (Fsp3) is 0.400. The van der Waals surface area contributed by atoms with Gasteiger partial charge in [0, 0.05) is 0 Å². The Balaban J connectivity index is 1.79. The van der Waals surface area contributed by atoms with Crippen molar-refractivity contribution in [2.24, 2.45) is 5.10 Å². The molecule has 1 spiro atoms. The molecule has 2 fully saturated rings. The van der Waals surface area contributed by atoms with Crippen molar-refractivity contribution in [1.29, 1.82) is 0 Å². The molecule has 2 aliphatic rings. The highest BCUT2D eigenvalue weighted by molar-refractivity contribution is 6.07. The maximum atomic E-state index is 12.4. The molecule has 0 atom stereocenters. The highest BCUT2D eigenvalue weighted by Gasteiger charge is 2.51. The summed E-state index contributed by atoms with van der Waals surface area (Å²) in [6.07, 6.45) is 6.05. The van der Waals surface area contributed by atoms with Crippen LogP contribution in [0.4, 0.5) is 4.79 Å². The third kappa shape index (κ3) is 2.19. The first-order valence-electron chi connectivity index (χ1n) is 6.97. The van der Waals surface area contributed by atoms with E-state index in [2.05, 4.69) is 10.4 Å². The van der Waals surface area contributed by atoms with Gasteiger partial charge in [0.25, 0.3) is 5.91 Å². The van der Waals surface area contributed by atoms with E-state index in [0.29, 0.717) is 0 Å². The van der Waals surface area contributed by atoms with Gasteiger partial charge in [-0.2, -0.15) is 5.10 Å². The summed E-state index contributed by atoms with van der Waals surface area (Å²) in [5.41, 5.74) is 0.154. The summed E-state index contributed by atoms with van der Waals surface area (Å²) in [7, 11) is 0. The number of carbonyl (C=O) groups is 2. The lowest BCUT2D eigenvalue weighted by molar-refractivity contribution is -0.132. The minimum Gasteiger partial charge on any atom is -0.321 e. The number of hydrogen-bond donors (Lipinski definition) is 1. The first-order chi connectivity index (χ1) is 9.71. The maximum Gasteiger partial charge on any atom is 0.346 e. The molecule has 5 heteroatoms. The molecule has 1 saturated heterocycles. The van der Waals surface area contributed by atoms with E-state index in [4.69, 9.17) is 0 Å². The zero-order valence-corrected chi connectivity index (χ0v) is 11.2. The number of hydrazone groups is 1. The minimum absolute atomic E-state index is 0.214. The second-order valence-corrected chi connectivity index (χ2v) is 5.35. The van der Waals surface area contributed by atoms with Crippen LogP contribution < -0.4 is 5.32 Å². The SMILES string of the molecule is O=C1NC2(CCCCC2)C(=O)N1/N=C\c1ccccc1. The molecule has 0 bridgehead atoms. The van der Waals surface area contributed by atoms with Gasteiger partial charge in [-0.1, -0.05) is 49.6 Å². The molecule has 0 aromatic heterocycles. The zero-order valence-electron chi connectivity index (χ0n) is 11.2. The van der Waals surface area contributed by atoms with Crippen molar-refractivity contribution in [2.75, 3.05) is 0 Å². The predicted octanol–water partition coefficient (Wildman–Crippen LogP) is 2.28. The molecule has 1 aliphatic carbocycles. The van der Waals surface area contributed by atoms with E-state index in [1.54, 1.807) is 6.21 Å². The molecule has 104 valence electrons. The molecule has 0 radical (unpaired) electrons. The lowest BCUT2D eigenvalue weighted by Crippen LogP contribution is -2.48. The lowest BCUT2D eigenvalue weighted by atomic mass is 9.82. The van der Waals surface area contributed by atoms with E-state index in [1.165, 1.54) is 0 Å². The molecular weight excluding hydrogens is 254 g/mol. The van der Waals surface area contributed by atoms with Gasteiger partial charge in [0.1, 0.15) is 5.54 Å². The number of imide groups is 1. The van der Waals surface area contributed by atoms with Crippen molar-refractivity contribution in [3.05, 3.63) is 35.9 Å². The summed E-state index contributed by atoms with van der Waals surface area (Å²) in [5, 5.41) is 7.85. The third-order valence-electron chi connectivity index (χ3n) is 3.97. The summed E-state index contributed by atoms with van der Waals surface area (Å²) in [6.45, 7) is 0. The molecule has 5 nitrogen and oxygen atoms in total. The molecule has 3 amide bonds. The van der Waals surface area contributed by atoms with Gasteiger partial charge < -0.3 is 5.32 Å². The number of hydrogen-bond acceptors (Lipinski definition) is 3. The van der Waals surface area contributed by atoms with E-state index in [1.807, 2.05) is 30.3 Å². The van der Waals surface area contributed by atoms with Crippen LogP contribution in [0, 0.1) is 0 Å². The molecule has 1 aliphatic heterocycles. The second kappa shape index (κ2) is 5.07. The second-order valence-electron chi connectivity index (χ2n) is 5.35. The summed E-state index contributed by atoms with van der Waals surface area (Å²) in [6, 6.07) is 9.01. The highest BCUT2D eigenvalue weighted by atomic mass is 16.2. The Morgan fingerprint density at radius 1 is 1.10 bits per heavy atom. The molecule has 1 saturated carbocycles. The van der Waals surface area contributed by atoms with Crippen LogP contribution in [0.5, 0.6) is 0 Å². The number of benzene rings is 1. The molecule has 3 rings (SSSR count). The van der Waals surface area contributed by atoms with Gasteiger partial charge in [-0.25, -0.2) is 4.79 Å². The normalized spacial score (nSPS) is 21.7. The van der Waals surface area contributed by atoms with Crippen LogP contribution in [-0.2, 0) is 4.79 Å². The molecule has 1 aromatic rings. The van der Waals surface area contributed by atoms with Gasteiger partial charge in [0.05, 0.1) is 6.21 Å². The van der Waals surface area contributed by atoms with Crippen molar-refractivity contribution < 1.29 is 9.59 Å². The van der Waals surface area contributed by atoms with E-state index >= 15 is 0 Å². The number of nitrogens with one attached hydrogen (secondary N) is 1. The van der Waals surface area contributed by atoms with Crippen LogP contribution in [-0.4, -0.2) is 28.7 Å². The number of amides is 3. The first kappa shape index (κ1) is 12.8. The van der Waals surface area contributed by atoms with Gasteiger partial charge in [-0.15, -0.1) is 5.01 Å². The Kier molecular flexibility index (Phi) is 3.26. The van der Waals surface area contributed by atoms with Gasteiger partial charge in [-0.3, -0.25) is 4.79 Å². The summed E-state index contributed by atoms with van der Waals surface area (Å²) >= 11 is 0. The molecular formula is C15H17N3O2. The number of carbonyl (C=O) groups excluding carboxylic acids is 2. The fourth-order valence-corrected chi connectivity index (χ4v) is 2.87. The summed E-state index contributed by atoms with van der Waals surface area (Å²) in [4.78, 5) is 24.4. The monoisotopic (exact) mass is 271 g/mol. The Morgan fingerprint density at radius 3 is 2.50 bits per heavy atom. The van der Waals surface area contributed by atoms with Crippen LogP contribution in [0.25, 0.3) is 0 Å². The summed E-state index contributed by atoms with van der Waals surface area (Å²) in [5.74, 6) is -0.214. The number of urea groups is 1. The van der Waals surface area contributed by atoms with Crippen molar-refractivity contribution >= 4 is 18.2 Å². The largest absolute Gasteiger partial charge is 0.346 e. The van der Waals surface area contributed by atoms with Crippen molar-refractivity contribution in [2.45, 2.75) is 37.6 Å². The third-order valence-corrected chi connectivity index (χ3v) is 3.97. The van der Waals surface area contributed by atoms with Crippen LogP contribution in [0.15, 0.2) is 35.4 Å². The van der Waals surface area contributed by atoms with Crippen LogP contribution in [0.1, 0.15) is 37.7 Å². The van der Waals surface area contributed by atoms with Gasteiger partial charge >= 0.3 is 6.03 Å². The van der Waals surface area contributed by atoms with Gasteiger partial charge in [-0.05, 0) is 18.4 Å². The van der Waals surface area contributed by atoms with E-state index < -0.39 is 11.6 Å². The Labute approximate surface area is 117 Å². The van der Waals surface area contributed by atoms with E-state index in [0.717, 1.165) is 42.7 Å². The van der Waals surface area contributed by atoms with Gasteiger partial charge in [0.15, 0.2) is 0 Å². The predicted molar refractivity (Wildman–Crippen MR) is 75.2 cm³/mol. The Morgan fingerprint density at radius 2 is 1.80 bits per heavy atom. The van der Waals surface area contributed by atoms with Gasteiger partial charge in [0.2, 0.25) is 0 Å². The molecule has 1 aromatic carbocycles. The Bertz CT molecular complexity index is 547. The fourth-order valence-electron chi connectivity index (χ4n) is 2.87. The first-order valence-corrected chi connectivity index (χ1v) is 6.97. The quantitative estimate of drug-likeness (QED) is 0.662. The molecule has 1 N–H and O–H groups in total. The van der Waals surface area contributed by atoms with Crippen LogP contribution in [0.3, 0.4) is 0 Å². The molecule has 1 heterocycles.